The first-order valence-electron chi connectivity index (χ1n) is 16.4. The highest BCUT2D eigenvalue weighted by Crippen LogP contribution is 2.45. The summed E-state index contributed by atoms with van der Waals surface area (Å²) in [5, 5.41) is 15.9. The van der Waals surface area contributed by atoms with Crippen molar-refractivity contribution in [2.75, 3.05) is 0 Å². The Morgan fingerprint density at radius 3 is 1.69 bits per heavy atom. The molecular weight excluding hydrogens is 617 g/mol. The van der Waals surface area contributed by atoms with Crippen molar-refractivity contribution in [1.82, 2.24) is 0 Å². The summed E-state index contributed by atoms with van der Waals surface area (Å²) in [6.45, 7) is 0. The Labute approximate surface area is 284 Å². The first kappa shape index (κ1) is 26.5. The molecule has 2 heteroatoms. The summed E-state index contributed by atoms with van der Waals surface area (Å²) in [6, 6.07) is 58.8. The molecule has 0 unspecified atom stereocenters. The van der Waals surface area contributed by atoms with Crippen LogP contribution >= 0.6 is 22.7 Å². The largest absolute Gasteiger partial charge is 0.135 e. The van der Waals surface area contributed by atoms with Crippen molar-refractivity contribution < 1.29 is 0 Å². The van der Waals surface area contributed by atoms with E-state index < -0.39 is 0 Å². The van der Waals surface area contributed by atoms with E-state index in [4.69, 9.17) is 0 Å². The maximum Gasteiger partial charge on any atom is 0.0440 e. The van der Waals surface area contributed by atoms with Gasteiger partial charge < -0.3 is 0 Å². The molecule has 222 valence electrons. The number of fused-ring (bicyclic) bond motifs is 14. The van der Waals surface area contributed by atoms with Crippen LogP contribution < -0.4 is 0 Å². The fourth-order valence-corrected chi connectivity index (χ4v) is 10.4. The molecule has 2 aromatic heterocycles. The zero-order chi connectivity index (χ0) is 31.3. The minimum atomic E-state index is 1.26. The summed E-state index contributed by atoms with van der Waals surface area (Å²) in [5.41, 5.74) is 5.07. The lowest BCUT2D eigenvalue weighted by molar-refractivity contribution is 1.70. The quantitative estimate of drug-likeness (QED) is 0.165. The van der Waals surface area contributed by atoms with Gasteiger partial charge in [-0.15, -0.1) is 22.7 Å². The molecule has 0 bridgehead atoms. The van der Waals surface area contributed by atoms with Crippen molar-refractivity contribution in [2.45, 2.75) is 0 Å². The highest BCUT2D eigenvalue weighted by Gasteiger charge is 2.16. The van der Waals surface area contributed by atoms with E-state index in [0.29, 0.717) is 0 Å². The Balaban J connectivity index is 1.08. The zero-order valence-electron chi connectivity index (χ0n) is 25.8. The second kappa shape index (κ2) is 9.98. The lowest BCUT2D eigenvalue weighted by Gasteiger charge is -2.13. The van der Waals surface area contributed by atoms with Crippen molar-refractivity contribution in [1.29, 1.82) is 0 Å². The van der Waals surface area contributed by atoms with E-state index in [1.54, 1.807) is 0 Å². The molecule has 0 N–H and O–H groups in total. The Hall–Kier alpha value is -5.54. The fraction of sp³-hybridized carbons (Fsp3) is 0. The smallest absolute Gasteiger partial charge is 0.0440 e. The van der Waals surface area contributed by atoms with Gasteiger partial charge in [0.2, 0.25) is 0 Å². The first-order valence-corrected chi connectivity index (χ1v) is 18.1. The molecule has 0 amide bonds. The molecule has 0 spiro atoms. The molecular formula is C46H26S2. The Morgan fingerprint density at radius 2 is 0.833 bits per heavy atom. The molecule has 0 aliphatic heterocycles. The van der Waals surface area contributed by atoms with Gasteiger partial charge in [-0.1, -0.05) is 133 Å². The van der Waals surface area contributed by atoms with E-state index in [2.05, 4.69) is 158 Å². The average Bonchev–Trinajstić information content (AvgIpc) is 3.72. The van der Waals surface area contributed by atoms with Gasteiger partial charge in [0, 0.05) is 45.7 Å². The van der Waals surface area contributed by atoms with E-state index in [1.165, 1.54) is 106 Å². The van der Waals surface area contributed by atoms with Gasteiger partial charge in [0.05, 0.1) is 0 Å². The minimum absolute atomic E-state index is 1.26. The van der Waals surface area contributed by atoms with Gasteiger partial charge in [0.15, 0.2) is 0 Å². The van der Waals surface area contributed by atoms with E-state index in [9.17, 15) is 0 Å². The van der Waals surface area contributed by atoms with Crippen LogP contribution in [0.25, 0.3) is 106 Å². The van der Waals surface area contributed by atoms with Crippen molar-refractivity contribution >= 4 is 106 Å². The normalized spacial score (nSPS) is 12.2. The second-order valence-electron chi connectivity index (χ2n) is 12.8. The van der Waals surface area contributed by atoms with Gasteiger partial charge in [-0.3, -0.25) is 0 Å². The first-order chi connectivity index (χ1) is 23.8. The molecule has 11 aromatic rings. The average molecular weight is 643 g/mol. The predicted octanol–water partition coefficient (Wildman–Crippen LogP) is 14.4. The number of hydrogen-bond donors (Lipinski definition) is 0. The lowest BCUT2D eigenvalue weighted by atomic mass is 9.91. The predicted molar refractivity (Wildman–Crippen MR) is 213 cm³/mol. The van der Waals surface area contributed by atoms with Gasteiger partial charge in [-0.05, 0) is 84.2 Å². The van der Waals surface area contributed by atoms with Gasteiger partial charge in [-0.2, -0.15) is 0 Å². The fourth-order valence-electron chi connectivity index (χ4n) is 8.00. The van der Waals surface area contributed by atoms with Crippen LogP contribution in [0.15, 0.2) is 158 Å². The summed E-state index contributed by atoms with van der Waals surface area (Å²) >= 11 is 3.81. The molecule has 0 aliphatic rings. The van der Waals surface area contributed by atoms with E-state index in [-0.39, 0.29) is 0 Å². The molecule has 0 radical (unpaired) electrons. The summed E-state index contributed by atoms with van der Waals surface area (Å²) < 4.78 is 5.39. The molecule has 0 fully saturated rings. The molecule has 11 rings (SSSR count). The Kier molecular flexibility index (Phi) is 5.51. The molecule has 0 atom stereocenters. The van der Waals surface area contributed by atoms with Crippen molar-refractivity contribution in [3.05, 3.63) is 158 Å². The van der Waals surface area contributed by atoms with Crippen LogP contribution in [-0.2, 0) is 0 Å². The zero-order valence-corrected chi connectivity index (χ0v) is 27.5. The van der Waals surface area contributed by atoms with Crippen LogP contribution in [0.5, 0.6) is 0 Å². The van der Waals surface area contributed by atoms with E-state index in [1.807, 2.05) is 22.7 Å². The highest BCUT2D eigenvalue weighted by atomic mass is 32.1. The summed E-state index contributed by atoms with van der Waals surface area (Å²) in [5.74, 6) is 0. The minimum Gasteiger partial charge on any atom is -0.135 e. The topological polar surface area (TPSA) is 0 Å². The van der Waals surface area contributed by atoms with Crippen molar-refractivity contribution in [3.8, 4) is 22.3 Å². The maximum absolute atomic E-state index is 2.42. The standard InChI is InChI=1S/C46H26S2/c1-2-10-31-27(8-1)9-7-14-32(31)30-18-21-37-36-20-17-29(25-43(36)47-44(37)26-30)28-16-19-34-39-22-23-40-35-12-5-6-15-42(35)48-46(40)45(39)38-13-4-3-11-33(38)41(34)24-28/h1-26H. The monoisotopic (exact) mass is 642 g/mol. The third kappa shape index (κ3) is 3.76. The molecule has 0 aliphatic carbocycles. The lowest BCUT2D eigenvalue weighted by Crippen LogP contribution is -1.85. The summed E-state index contributed by atoms with van der Waals surface area (Å²) in [4.78, 5) is 0. The van der Waals surface area contributed by atoms with E-state index in [0.717, 1.165) is 0 Å². The molecule has 0 nitrogen and oxygen atoms in total. The highest BCUT2D eigenvalue weighted by molar-refractivity contribution is 7.27. The van der Waals surface area contributed by atoms with Crippen LogP contribution in [0, 0.1) is 0 Å². The maximum atomic E-state index is 2.42. The van der Waals surface area contributed by atoms with Gasteiger partial charge in [0.1, 0.15) is 0 Å². The second-order valence-corrected chi connectivity index (χ2v) is 15.0. The summed E-state index contributed by atoms with van der Waals surface area (Å²) in [6.07, 6.45) is 0. The molecule has 2 heterocycles. The van der Waals surface area contributed by atoms with Crippen molar-refractivity contribution in [2.24, 2.45) is 0 Å². The molecule has 48 heavy (non-hydrogen) atoms. The van der Waals surface area contributed by atoms with Crippen LogP contribution in [0.2, 0.25) is 0 Å². The number of benzene rings is 9. The Bertz CT molecular complexity index is 3090. The molecule has 0 saturated heterocycles. The van der Waals surface area contributed by atoms with Gasteiger partial charge >= 0.3 is 0 Å². The number of thiophene rings is 2. The SMILES string of the molecule is c1ccc2c(-c3ccc4c(c3)sc3cc(-c5ccc6c(c5)c5ccccc5c5c6ccc6c7ccccc7sc65)ccc34)cccc2c1. The van der Waals surface area contributed by atoms with Gasteiger partial charge in [0.25, 0.3) is 0 Å². The molecule has 9 aromatic carbocycles. The number of rotatable bonds is 2. The Morgan fingerprint density at radius 1 is 0.292 bits per heavy atom. The molecule has 0 saturated carbocycles. The van der Waals surface area contributed by atoms with Crippen molar-refractivity contribution in [3.63, 3.8) is 0 Å². The van der Waals surface area contributed by atoms with Crippen LogP contribution in [0.4, 0.5) is 0 Å². The van der Waals surface area contributed by atoms with Crippen LogP contribution in [0.3, 0.4) is 0 Å². The van der Waals surface area contributed by atoms with Crippen LogP contribution in [-0.4, -0.2) is 0 Å². The third-order valence-corrected chi connectivity index (χ3v) is 12.6. The number of hydrogen-bond acceptors (Lipinski definition) is 2. The summed E-state index contributed by atoms with van der Waals surface area (Å²) in [7, 11) is 0. The third-order valence-electron chi connectivity index (χ3n) is 10.3. The van der Waals surface area contributed by atoms with Gasteiger partial charge in [-0.25, -0.2) is 0 Å². The van der Waals surface area contributed by atoms with Crippen LogP contribution in [0.1, 0.15) is 0 Å². The van der Waals surface area contributed by atoms with E-state index >= 15 is 0 Å².